The van der Waals surface area contributed by atoms with Crippen LogP contribution in [0.2, 0.25) is 0 Å². The van der Waals surface area contributed by atoms with Crippen molar-refractivity contribution >= 4 is 27.9 Å². The molecule has 0 atom stereocenters. The van der Waals surface area contributed by atoms with Gasteiger partial charge in [-0.05, 0) is 24.1 Å². The largest absolute Gasteiger partial charge is 0.371 e. The number of hydrogen-bond acceptors (Lipinski definition) is 2. The maximum atomic E-state index is 10.3. The lowest BCUT2D eigenvalue weighted by Gasteiger charge is -2.17. The lowest BCUT2D eigenvalue weighted by atomic mass is 10.2. The second-order valence-electron chi connectivity index (χ2n) is 3.43. The van der Waals surface area contributed by atoms with Crippen molar-refractivity contribution in [2.45, 2.75) is 12.8 Å². The van der Waals surface area contributed by atoms with Crippen LogP contribution in [0, 0.1) is 0 Å². The van der Waals surface area contributed by atoms with E-state index in [-0.39, 0.29) is 0 Å². The number of hydrogen-bond donors (Lipinski definition) is 0. The zero-order valence-corrected chi connectivity index (χ0v) is 9.46. The number of halogens is 1. The van der Waals surface area contributed by atoms with Gasteiger partial charge < -0.3 is 9.69 Å². The summed E-state index contributed by atoms with van der Waals surface area (Å²) >= 11 is 3.55. The Hall–Kier alpha value is -0.830. The fraction of sp³-hybridized carbons (Fsp3) is 0.364. The van der Waals surface area contributed by atoms with Gasteiger partial charge in [-0.1, -0.05) is 22.0 Å². The zero-order valence-electron chi connectivity index (χ0n) is 7.87. The first kappa shape index (κ1) is 9.71. The lowest BCUT2D eigenvalue weighted by Crippen LogP contribution is -2.21. The minimum Gasteiger partial charge on any atom is -0.371 e. The van der Waals surface area contributed by atoms with E-state index in [1.807, 2.05) is 6.07 Å². The van der Waals surface area contributed by atoms with Gasteiger partial charge in [-0.25, -0.2) is 0 Å². The number of carbonyl (C=O) groups is 1. The van der Waals surface area contributed by atoms with Crippen molar-refractivity contribution < 1.29 is 4.79 Å². The van der Waals surface area contributed by atoms with E-state index in [9.17, 15) is 4.79 Å². The molecular weight excluding hydrogens is 242 g/mol. The van der Waals surface area contributed by atoms with Gasteiger partial charge in [0.1, 0.15) is 6.29 Å². The summed E-state index contributed by atoms with van der Waals surface area (Å²) in [5, 5.41) is 0. The molecule has 0 amide bonds. The molecule has 1 aliphatic rings. The summed E-state index contributed by atoms with van der Waals surface area (Å²) < 4.78 is 1.18. The van der Waals surface area contributed by atoms with E-state index in [1.165, 1.54) is 15.7 Å². The first-order valence-electron chi connectivity index (χ1n) is 4.79. The van der Waals surface area contributed by atoms with Gasteiger partial charge in [-0.15, -0.1) is 0 Å². The molecule has 1 aromatic rings. The highest BCUT2D eigenvalue weighted by atomic mass is 79.9. The predicted molar refractivity (Wildman–Crippen MR) is 60.7 cm³/mol. The Morgan fingerprint density at radius 2 is 2.36 bits per heavy atom. The fourth-order valence-corrected chi connectivity index (χ4v) is 2.45. The molecule has 1 aromatic carbocycles. The number of rotatable bonds is 3. The van der Waals surface area contributed by atoms with Crippen LogP contribution < -0.4 is 4.90 Å². The number of carbonyl (C=O) groups excluding carboxylic acids is 1. The number of benzene rings is 1. The molecule has 0 N–H and O–H groups in total. The molecule has 2 rings (SSSR count). The van der Waals surface area contributed by atoms with Crippen molar-refractivity contribution in [1.82, 2.24) is 0 Å². The number of aldehydes is 1. The Morgan fingerprint density at radius 1 is 1.50 bits per heavy atom. The van der Waals surface area contributed by atoms with Crippen molar-refractivity contribution in [2.24, 2.45) is 0 Å². The van der Waals surface area contributed by atoms with Crippen LogP contribution in [0.25, 0.3) is 0 Å². The summed E-state index contributed by atoms with van der Waals surface area (Å²) in [5.74, 6) is 0. The van der Waals surface area contributed by atoms with Crippen molar-refractivity contribution in [1.29, 1.82) is 0 Å². The molecule has 14 heavy (non-hydrogen) atoms. The average Bonchev–Trinajstić information content (AvgIpc) is 2.60. The quantitative estimate of drug-likeness (QED) is 0.772. The minimum atomic E-state index is 0.617. The SMILES string of the molecule is O=CCCN1CCc2c(Br)cccc21. The molecule has 0 fully saturated rings. The maximum absolute atomic E-state index is 10.3. The van der Waals surface area contributed by atoms with Gasteiger partial charge in [-0.3, -0.25) is 0 Å². The van der Waals surface area contributed by atoms with Crippen LogP contribution in [0.1, 0.15) is 12.0 Å². The van der Waals surface area contributed by atoms with E-state index in [2.05, 4.69) is 33.0 Å². The zero-order chi connectivity index (χ0) is 9.97. The van der Waals surface area contributed by atoms with Crippen LogP contribution in [0.4, 0.5) is 5.69 Å². The molecule has 0 radical (unpaired) electrons. The molecule has 3 heteroatoms. The molecule has 2 nitrogen and oxygen atoms in total. The number of fused-ring (bicyclic) bond motifs is 1. The summed E-state index contributed by atoms with van der Waals surface area (Å²) in [6.07, 6.45) is 2.68. The van der Waals surface area contributed by atoms with E-state index >= 15 is 0 Å². The normalized spacial score (nSPS) is 14.2. The van der Waals surface area contributed by atoms with E-state index in [0.717, 1.165) is 25.8 Å². The third kappa shape index (κ3) is 1.69. The molecule has 1 heterocycles. The summed E-state index contributed by atoms with van der Waals surface area (Å²) in [4.78, 5) is 12.6. The van der Waals surface area contributed by atoms with Crippen LogP contribution in [-0.2, 0) is 11.2 Å². The Bertz CT molecular complexity index is 351. The Morgan fingerprint density at radius 3 is 3.14 bits per heavy atom. The minimum absolute atomic E-state index is 0.617. The van der Waals surface area contributed by atoms with Crippen LogP contribution in [0.5, 0.6) is 0 Å². The van der Waals surface area contributed by atoms with Crippen LogP contribution >= 0.6 is 15.9 Å². The molecule has 74 valence electrons. The Labute approximate surface area is 92.0 Å². The summed E-state index contributed by atoms with van der Waals surface area (Å²) in [5.41, 5.74) is 2.65. The second-order valence-corrected chi connectivity index (χ2v) is 4.28. The van der Waals surface area contributed by atoms with Crippen LogP contribution in [-0.4, -0.2) is 19.4 Å². The molecule has 0 spiro atoms. The number of anilines is 1. The number of nitrogens with zero attached hydrogens (tertiary/aromatic N) is 1. The van der Waals surface area contributed by atoms with Crippen LogP contribution in [0.15, 0.2) is 22.7 Å². The molecule has 0 saturated heterocycles. The van der Waals surface area contributed by atoms with Crippen molar-refractivity contribution in [3.05, 3.63) is 28.2 Å². The monoisotopic (exact) mass is 253 g/mol. The van der Waals surface area contributed by atoms with Gasteiger partial charge >= 0.3 is 0 Å². The van der Waals surface area contributed by atoms with Gasteiger partial charge in [0.05, 0.1) is 0 Å². The van der Waals surface area contributed by atoms with Crippen molar-refractivity contribution in [3.63, 3.8) is 0 Å². The van der Waals surface area contributed by atoms with E-state index in [1.54, 1.807) is 0 Å². The van der Waals surface area contributed by atoms with Crippen LogP contribution in [0.3, 0.4) is 0 Å². The molecule has 0 bridgehead atoms. The van der Waals surface area contributed by atoms with Gasteiger partial charge in [0.15, 0.2) is 0 Å². The Balaban J connectivity index is 2.21. The molecule has 0 aromatic heterocycles. The lowest BCUT2D eigenvalue weighted by molar-refractivity contribution is -0.107. The summed E-state index contributed by atoms with van der Waals surface area (Å²) in [6, 6.07) is 6.24. The fourth-order valence-electron chi connectivity index (χ4n) is 1.90. The highest BCUT2D eigenvalue weighted by molar-refractivity contribution is 9.10. The smallest absolute Gasteiger partial charge is 0.121 e. The molecular formula is C11H12BrNO. The Kier molecular flexibility index (Phi) is 2.87. The second kappa shape index (κ2) is 4.13. The molecule has 0 aliphatic carbocycles. The first-order chi connectivity index (χ1) is 6.83. The predicted octanol–water partition coefficient (Wildman–Crippen LogP) is 2.40. The van der Waals surface area contributed by atoms with Gasteiger partial charge in [0, 0.05) is 29.7 Å². The van der Waals surface area contributed by atoms with E-state index in [0.29, 0.717) is 6.42 Å². The van der Waals surface area contributed by atoms with E-state index < -0.39 is 0 Å². The highest BCUT2D eigenvalue weighted by Crippen LogP contribution is 2.33. The third-order valence-electron chi connectivity index (χ3n) is 2.58. The maximum Gasteiger partial charge on any atom is 0.121 e. The molecule has 1 aliphatic heterocycles. The van der Waals surface area contributed by atoms with E-state index in [4.69, 9.17) is 0 Å². The van der Waals surface area contributed by atoms with Crippen molar-refractivity contribution in [2.75, 3.05) is 18.0 Å². The molecule has 0 unspecified atom stereocenters. The summed E-state index contributed by atoms with van der Waals surface area (Å²) in [7, 11) is 0. The third-order valence-corrected chi connectivity index (χ3v) is 3.33. The van der Waals surface area contributed by atoms with Gasteiger partial charge in [-0.2, -0.15) is 0 Å². The first-order valence-corrected chi connectivity index (χ1v) is 5.58. The van der Waals surface area contributed by atoms with Crippen molar-refractivity contribution in [3.8, 4) is 0 Å². The molecule has 0 saturated carbocycles. The van der Waals surface area contributed by atoms with Gasteiger partial charge in [0.2, 0.25) is 0 Å². The van der Waals surface area contributed by atoms with Gasteiger partial charge in [0.25, 0.3) is 0 Å². The standard InChI is InChI=1S/C11H12BrNO/c12-10-3-1-4-11-9(10)5-7-13(11)6-2-8-14/h1,3-4,8H,2,5-7H2. The topological polar surface area (TPSA) is 20.3 Å². The highest BCUT2D eigenvalue weighted by Gasteiger charge is 2.19. The summed E-state index contributed by atoms with van der Waals surface area (Å²) in [6.45, 7) is 1.87. The average molecular weight is 254 g/mol.